The molecule has 0 aliphatic heterocycles. The van der Waals surface area contributed by atoms with Gasteiger partial charge < -0.3 is 13.7 Å². The highest BCUT2D eigenvalue weighted by Gasteiger charge is 2.36. The summed E-state index contributed by atoms with van der Waals surface area (Å²) in [4.78, 5) is 2.52. The minimum absolute atomic E-state index is 0.0158. The summed E-state index contributed by atoms with van der Waals surface area (Å²) < 4.78 is 13.7. The van der Waals surface area contributed by atoms with Crippen LogP contribution in [0, 0.1) is 0 Å². The van der Waals surface area contributed by atoms with Gasteiger partial charge in [-0.1, -0.05) is 135 Å². The molecule has 8 aromatic carbocycles. The number of nitrogens with zero attached hydrogens (tertiary/aromatic N) is 1. The van der Waals surface area contributed by atoms with Gasteiger partial charge >= 0.3 is 0 Å². The number of rotatable bonds is 4. The van der Waals surface area contributed by atoms with Gasteiger partial charge in [0.2, 0.25) is 0 Å². The summed E-state index contributed by atoms with van der Waals surface area (Å²) in [6.07, 6.45) is 5.55. The normalized spacial score (nSPS) is 15.5. The topological polar surface area (TPSA) is 29.5 Å². The average molecular weight is 720 g/mol. The van der Waals surface area contributed by atoms with Crippen LogP contribution in [-0.2, 0) is 5.41 Å². The van der Waals surface area contributed by atoms with Gasteiger partial charge in [0.05, 0.1) is 6.04 Å². The quantitative estimate of drug-likeness (QED) is 0.181. The molecule has 266 valence electrons. The van der Waals surface area contributed by atoms with Crippen molar-refractivity contribution in [3.63, 3.8) is 0 Å². The van der Waals surface area contributed by atoms with Gasteiger partial charge in [0.15, 0.2) is 0 Å². The second-order valence-corrected chi connectivity index (χ2v) is 16.0. The molecular weight excluding hydrogens is 683 g/mol. The third-order valence-electron chi connectivity index (χ3n) is 12.5. The molecule has 0 fully saturated rings. The van der Waals surface area contributed by atoms with E-state index in [4.69, 9.17) is 8.83 Å². The molecule has 2 aromatic heterocycles. The van der Waals surface area contributed by atoms with Gasteiger partial charge in [-0.25, -0.2) is 0 Å². The maximum atomic E-state index is 7.13. The Hall–Kier alpha value is -6.84. The summed E-state index contributed by atoms with van der Waals surface area (Å²) in [5.41, 5.74) is 13.4. The van der Waals surface area contributed by atoms with Crippen LogP contribution in [0.1, 0.15) is 31.4 Å². The van der Waals surface area contributed by atoms with Crippen molar-refractivity contribution in [3.05, 3.63) is 179 Å². The first kappa shape index (κ1) is 31.5. The third-order valence-corrected chi connectivity index (χ3v) is 12.5. The predicted molar refractivity (Wildman–Crippen MR) is 233 cm³/mol. The van der Waals surface area contributed by atoms with E-state index in [1.165, 1.54) is 49.5 Å². The largest absolute Gasteiger partial charge is 0.456 e. The molecular formula is C53H37NO2. The van der Waals surface area contributed by atoms with Crippen LogP contribution in [-0.4, -0.2) is 6.04 Å². The van der Waals surface area contributed by atoms with Crippen molar-refractivity contribution in [2.45, 2.75) is 31.7 Å². The molecule has 2 heterocycles. The van der Waals surface area contributed by atoms with Gasteiger partial charge in [0, 0.05) is 43.7 Å². The number of furan rings is 2. The molecule has 56 heavy (non-hydrogen) atoms. The average Bonchev–Trinajstić information content (AvgIpc) is 3.87. The van der Waals surface area contributed by atoms with Crippen LogP contribution in [0.25, 0.3) is 88.9 Å². The van der Waals surface area contributed by atoms with E-state index in [0.29, 0.717) is 0 Å². The van der Waals surface area contributed by atoms with Crippen molar-refractivity contribution in [3.8, 4) is 22.3 Å². The zero-order valence-electron chi connectivity index (χ0n) is 31.2. The number of anilines is 2. The van der Waals surface area contributed by atoms with Gasteiger partial charge in [-0.3, -0.25) is 0 Å². The van der Waals surface area contributed by atoms with Gasteiger partial charge in [-0.05, 0) is 104 Å². The highest BCUT2D eigenvalue weighted by Crippen LogP contribution is 2.50. The van der Waals surface area contributed by atoms with Gasteiger partial charge in [0.25, 0.3) is 0 Å². The Balaban J connectivity index is 1.08. The first-order valence-corrected chi connectivity index (χ1v) is 19.6. The second kappa shape index (κ2) is 11.6. The molecule has 12 rings (SSSR count). The summed E-state index contributed by atoms with van der Waals surface area (Å²) in [7, 11) is 0. The van der Waals surface area contributed by atoms with Gasteiger partial charge in [0.1, 0.15) is 22.2 Å². The second-order valence-electron chi connectivity index (χ2n) is 16.0. The Kier molecular flexibility index (Phi) is 6.52. The van der Waals surface area contributed by atoms with E-state index in [1.807, 2.05) is 6.07 Å². The Morgan fingerprint density at radius 1 is 0.554 bits per heavy atom. The van der Waals surface area contributed by atoms with Crippen molar-refractivity contribution in [2.75, 3.05) is 4.90 Å². The van der Waals surface area contributed by atoms with E-state index in [2.05, 4.69) is 183 Å². The number of hydrogen-bond acceptors (Lipinski definition) is 3. The zero-order valence-corrected chi connectivity index (χ0v) is 31.2. The third kappa shape index (κ3) is 4.52. The number of hydrogen-bond donors (Lipinski definition) is 0. The zero-order chi connectivity index (χ0) is 37.1. The van der Waals surface area contributed by atoms with Crippen LogP contribution in [0.4, 0.5) is 11.4 Å². The SMILES string of the molecule is CC1(C)c2ccccc2-c2ccc(N(c3ccc4ccccc4c3)C3C=c4oc5c(-c6ccc7ccccc7c6)c6c(cc5c4=CC3)oc3ccccc36)cc21. The molecule has 0 saturated heterocycles. The molecule has 1 unspecified atom stereocenters. The highest BCUT2D eigenvalue weighted by atomic mass is 16.3. The summed E-state index contributed by atoms with van der Waals surface area (Å²) in [5, 5.41) is 9.27. The summed E-state index contributed by atoms with van der Waals surface area (Å²) in [5.74, 6) is 0. The van der Waals surface area contributed by atoms with Gasteiger partial charge in [-0.15, -0.1) is 0 Å². The first-order valence-electron chi connectivity index (χ1n) is 19.6. The van der Waals surface area contributed by atoms with Crippen molar-refractivity contribution in [2.24, 2.45) is 0 Å². The lowest BCUT2D eigenvalue weighted by atomic mass is 9.82. The maximum Gasteiger partial charge on any atom is 0.144 e. The molecule has 0 saturated carbocycles. The Morgan fingerprint density at radius 2 is 1.23 bits per heavy atom. The van der Waals surface area contributed by atoms with Crippen molar-refractivity contribution >= 4 is 78.0 Å². The van der Waals surface area contributed by atoms with Crippen LogP contribution in [0.3, 0.4) is 0 Å². The maximum absolute atomic E-state index is 7.13. The molecule has 2 aliphatic rings. The Morgan fingerprint density at radius 3 is 2.09 bits per heavy atom. The highest BCUT2D eigenvalue weighted by molar-refractivity contribution is 6.20. The standard InChI is InChI=1S/C53H37NO2/c1-53(2)45-17-9-7-15-40(45)41-25-23-38(29-46(41)53)54(37-22-21-33-12-4-6-14-35(33)28-37)39-24-26-42-44-31-49-51(43-16-8-10-18-47(43)55-49)50(52(44)56-48(42)30-39)36-20-19-32-11-3-5-13-34(32)27-36/h3-23,25-31,39H,24H2,1-2H3. The molecule has 0 spiro atoms. The van der Waals surface area contributed by atoms with Crippen LogP contribution >= 0.6 is 0 Å². The van der Waals surface area contributed by atoms with E-state index in [1.54, 1.807) is 0 Å². The van der Waals surface area contributed by atoms with Crippen LogP contribution in [0.2, 0.25) is 0 Å². The molecule has 0 bridgehead atoms. The fourth-order valence-electron chi connectivity index (χ4n) is 9.79. The monoisotopic (exact) mass is 719 g/mol. The fraction of sp³-hybridized carbons (Fsp3) is 0.0943. The lowest BCUT2D eigenvalue weighted by Crippen LogP contribution is -2.36. The van der Waals surface area contributed by atoms with Crippen LogP contribution in [0.15, 0.2) is 167 Å². The number of para-hydroxylation sites is 1. The summed E-state index contributed by atoms with van der Waals surface area (Å²) in [6.45, 7) is 4.71. The molecule has 0 amide bonds. The minimum atomic E-state index is -0.106. The Labute approximate surface area is 324 Å². The lowest BCUT2D eigenvalue weighted by molar-refractivity contribution is 0.569. The van der Waals surface area contributed by atoms with Gasteiger partial charge in [-0.2, -0.15) is 0 Å². The van der Waals surface area contributed by atoms with E-state index >= 15 is 0 Å². The van der Waals surface area contributed by atoms with Crippen molar-refractivity contribution in [1.82, 2.24) is 0 Å². The first-order chi connectivity index (χ1) is 27.5. The Bertz CT molecular complexity index is 3400. The molecule has 3 heteroatoms. The minimum Gasteiger partial charge on any atom is -0.456 e. The van der Waals surface area contributed by atoms with E-state index < -0.39 is 0 Å². The molecule has 0 radical (unpaired) electrons. The number of benzene rings is 8. The van der Waals surface area contributed by atoms with Crippen LogP contribution < -0.4 is 15.5 Å². The van der Waals surface area contributed by atoms with Crippen molar-refractivity contribution < 1.29 is 8.83 Å². The summed E-state index contributed by atoms with van der Waals surface area (Å²) in [6, 6.07) is 57.3. The molecule has 10 aromatic rings. The predicted octanol–water partition coefficient (Wildman–Crippen LogP) is 12.8. The molecule has 3 nitrogen and oxygen atoms in total. The summed E-state index contributed by atoms with van der Waals surface area (Å²) >= 11 is 0. The molecule has 1 atom stereocenters. The smallest absolute Gasteiger partial charge is 0.144 e. The van der Waals surface area contributed by atoms with Crippen LogP contribution in [0.5, 0.6) is 0 Å². The van der Waals surface area contributed by atoms with Crippen molar-refractivity contribution in [1.29, 1.82) is 0 Å². The van der Waals surface area contributed by atoms with E-state index in [-0.39, 0.29) is 11.5 Å². The molecule has 0 N–H and O–H groups in total. The number of fused-ring (bicyclic) bond motifs is 11. The molecule has 2 aliphatic carbocycles. The lowest BCUT2D eigenvalue weighted by Gasteiger charge is -2.33. The fourth-order valence-corrected chi connectivity index (χ4v) is 9.79. The van der Waals surface area contributed by atoms with E-state index in [9.17, 15) is 0 Å². The van der Waals surface area contributed by atoms with E-state index in [0.717, 1.165) is 66.8 Å².